The van der Waals surface area contributed by atoms with Crippen molar-refractivity contribution in [2.75, 3.05) is 13.2 Å². The molecule has 1 aliphatic heterocycles. The average Bonchev–Trinajstić information content (AvgIpc) is 3.02. The van der Waals surface area contributed by atoms with Gasteiger partial charge in [0.15, 0.2) is 0 Å². The van der Waals surface area contributed by atoms with E-state index in [2.05, 4.69) is 37.9 Å². The Morgan fingerprint density at radius 3 is 2.50 bits per heavy atom. The van der Waals surface area contributed by atoms with E-state index in [-0.39, 0.29) is 12.1 Å². The molecular weight excluding hydrogens is 224 g/mol. The van der Waals surface area contributed by atoms with Crippen molar-refractivity contribution < 1.29 is 5.11 Å². The number of likely N-dealkylation sites (tertiary alicyclic amines) is 1. The second kappa shape index (κ2) is 5.48. The fraction of sp³-hybridized carbons (Fsp3) is 1.00. The molecule has 0 aromatic rings. The van der Waals surface area contributed by atoms with E-state index >= 15 is 0 Å². The summed E-state index contributed by atoms with van der Waals surface area (Å²) in [4.78, 5) is 2.62. The second-order valence-corrected chi connectivity index (χ2v) is 7.08. The van der Waals surface area contributed by atoms with Gasteiger partial charge in [-0.15, -0.1) is 0 Å². The van der Waals surface area contributed by atoms with E-state index in [1.165, 1.54) is 25.8 Å². The normalized spacial score (nSPS) is 34.5. The Morgan fingerprint density at radius 2 is 2.06 bits per heavy atom. The van der Waals surface area contributed by atoms with Gasteiger partial charge < -0.3 is 10.4 Å². The fourth-order valence-corrected chi connectivity index (χ4v) is 3.61. The van der Waals surface area contributed by atoms with Gasteiger partial charge in [0.1, 0.15) is 0 Å². The maximum absolute atomic E-state index is 9.69. The van der Waals surface area contributed by atoms with Gasteiger partial charge in [0.05, 0.1) is 6.61 Å². The minimum atomic E-state index is -0.105. The maximum atomic E-state index is 9.69. The largest absolute Gasteiger partial charge is 0.394 e. The van der Waals surface area contributed by atoms with Gasteiger partial charge in [-0.25, -0.2) is 0 Å². The predicted molar refractivity (Wildman–Crippen MR) is 75.7 cm³/mol. The minimum absolute atomic E-state index is 0.105. The molecule has 2 aliphatic rings. The molecule has 1 aliphatic carbocycles. The second-order valence-electron chi connectivity index (χ2n) is 7.08. The number of rotatable bonds is 6. The van der Waals surface area contributed by atoms with Gasteiger partial charge in [-0.05, 0) is 52.4 Å². The van der Waals surface area contributed by atoms with Gasteiger partial charge in [-0.2, -0.15) is 0 Å². The standard InChI is InChI=1S/C15H30N2O/c1-11-7-12(2)17(9-11)13(3)8-15(4,10-18)16-14-5-6-14/h11-14,16,18H,5-10H2,1-4H3. The van der Waals surface area contributed by atoms with E-state index in [1.807, 2.05) is 0 Å². The molecule has 4 atom stereocenters. The molecule has 3 nitrogen and oxygen atoms in total. The molecule has 0 spiro atoms. The summed E-state index contributed by atoms with van der Waals surface area (Å²) in [5, 5.41) is 13.3. The van der Waals surface area contributed by atoms with Crippen molar-refractivity contribution in [1.29, 1.82) is 0 Å². The number of nitrogens with one attached hydrogen (secondary N) is 1. The first-order valence-corrected chi connectivity index (χ1v) is 7.58. The SMILES string of the molecule is CC1CC(C)N(C(C)CC(C)(CO)NC2CC2)C1. The minimum Gasteiger partial charge on any atom is -0.394 e. The van der Waals surface area contributed by atoms with Crippen LogP contribution in [0, 0.1) is 5.92 Å². The molecule has 2 fully saturated rings. The quantitative estimate of drug-likeness (QED) is 0.761. The smallest absolute Gasteiger partial charge is 0.0611 e. The summed E-state index contributed by atoms with van der Waals surface area (Å²) in [7, 11) is 0. The lowest BCUT2D eigenvalue weighted by Crippen LogP contribution is -2.52. The summed E-state index contributed by atoms with van der Waals surface area (Å²) in [6.45, 7) is 10.6. The third kappa shape index (κ3) is 3.46. The summed E-state index contributed by atoms with van der Waals surface area (Å²) in [5.74, 6) is 0.819. The third-order valence-corrected chi connectivity index (χ3v) is 4.62. The number of nitrogens with zero attached hydrogens (tertiary/aromatic N) is 1. The lowest BCUT2D eigenvalue weighted by atomic mass is 9.93. The Morgan fingerprint density at radius 1 is 1.39 bits per heavy atom. The highest BCUT2D eigenvalue weighted by atomic mass is 16.3. The van der Waals surface area contributed by atoms with Crippen molar-refractivity contribution in [3.05, 3.63) is 0 Å². The van der Waals surface area contributed by atoms with Crippen LogP contribution in [0.4, 0.5) is 0 Å². The molecule has 0 radical (unpaired) electrons. The Hall–Kier alpha value is -0.120. The first-order chi connectivity index (χ1) is 8.43. The summed E-state index contributed by atoms with van der Waals surface area (Å²) < 4.78 is 0. The highest BCUT2D eigenvalue weighted by Crippen LogP contribution is 2.29. The zero-order chi connectivity index (χ0) is 13.3. The van der Waals surface area contributed by atoms with Crippen LogP contribution in [0.1, 0.15) is 53.4 Å². The molecule has 1 saturated heterocycles. The topological polar surface area (TPSA) is 35.5 Å². The number of hydrogen-bond donors (Lipinski definition) is 2. The molecule has 2 rings (SSSR count). The average molecular weight is 254 g/mol. The van der Waals surface area contributed by atoms with Crippen LogP contribution in [0.25, 0.3) is 0 Å². The highest BCUT2D eigenvalue weighted by molar-refractivity contribution is 4.96. The zero-order valence-electron chi connectivity index (χ0n) is 12.4. The molecule has 18 heavy (non-hydrogen) atoms. The van der Waals surface area contributed by atoms with E-state index in [4.69, 9.17) is 0 Å². The lowest BCUT2D eigenvalue weighted by Gasteiger charge is -2.37. The number of aliphatic hydroxyl groups excluding tert-OH is 1. The lowest BCUT2D eigenvalue weighted by molar-refractivity contribution is 0.109. The van der Waals surface area contributed by atoms with E-state index < -0.39 is 0 Å². The van der Waals surface area contributed by atoms with Crippen LogP contribution in [-0.2, 0) is 0 Å². The molecule has 4 unspecified atom stereocenters. The van der Waals surface area contributed by atoms with Crippen LogP contribution in [0.15, 0.2) is 0 Å². The fourth-order valence-electron chi connectivity index (χ4n) is 3.61. The first kappa shape index (κ1) is 14.3. The van der Waals surface area contributed by atoms with Crippen molar-refractivity contribution in [3.63, 3.8) is 0 Å². The van der Waals surface area contributed by atoms with E-state index in [0.29, 0.717) is 18.1 Å². The van der Waals surface area contributed by atoms with Gasteiger partial charge in [0, 0.05) is 30.2 Å². The van der Waals surface area contributed by atoms with Crippen molar-refractivity contribution in [2.45, 2.75) is 77.0 Å². The van der Waals surface area contributed by atoms with Crippen molar-refractivity contribution in [1.82, 2.24) is 10.2 Å². The van der Waals surface area contributed by atoms with Gasteiger partial charge in [-0.3, -0.25) is 4.90 Å². The van der Waals surface area contributed by atoms with E-state index in [9.17, 15) is 5.11 Å². The van der Waals surface area contributed by atoms with Gasteiger partial charge >= 0.3 is 0 Å². The van der Waals surface area contributed by atoms with Crippen molar-refractivity contribution in [3.8, 4) is 0 Å². The molecular formula is C15H30N2O. The molecule has 0 aromatic carbocycles. The van der Waals surface area contributed by atoms with Crippen LogP contribution in [-0.4, -0.2) is 46.8 Å². The van der Waals surface area contributed by atoms with Crippen LogP contribution in [0.3, 0.4) is 0 Å². The molecule has 106 valence electrons. The van der Waals surface area contributed by atoms with Crippen LogP contribution in [0.2, 0.25) is 0 Å². The van der Waals surface area contributed by atoms with Gasteiger partial charge in [-0.1, -0.05) is 6.92 Å². The van der Waals surface area contributed by atoms with Crippen LogP contribution < -0.4 is 5.32 Å². The molecule has 0 amide bonds. The molecule has 3 heteroatoms. The highest BCUT2D eigenvalue weighted by Gasteiger charge is 2.36. The Balaban J connectivity index is 1.89. The van der Waals surface area contributed by atoms with Gasteiger partial charge in [0.25, 0.3) is 0 Å². The maximum Gasteiger partial charge on any atom is 0.0611 e. The Bertz CT molecular complexity index is 280. The molecule has 2 N–H and O–H groups in total. The summed E-state index contributed by atoms with van der Waals surface area (Å²) >= 11 is 0. The van der Waals surface area contributed by atoms with Gasteiger partial charge in [0.2, 0.25) is 0 Å². The molecule has 0 bridgehead atoms. The van der Waals surface area contributed by atoms with Crippen molar-refractivity contribution in [2.24, 2.45) is 5.92 Å². The monoisotopic (exact) mass is 254 g/mol. The van der Waals surface area contributed by atoms with Crippen LogP contribution >= 0.6 is 0 Å². The summed E-state index contributed by atoms with van der Waals surface area (Å²) in [5.41, 5.74) is -0.105. The van der Waals surface area contributed by atoms with Crippen molar-refractivity contribution >= 4 is 0 Å². The summed E-state index contributed by atoms with van der Waals surface area (Å²) in [6, 6.07) is 1.90. The number of hydrogen-bond acceptors (Lipinski definition) is 3. The molecule has 1 heterocycles. The zero-order valence-corrected chi connectivity index (χ0v) is 12.4. The third-order valence-electron chi connectivity index (χ3n) is 4.62. The molecule has 1 saturated carbocycles. The summed E-state index contributed by atoms with van der Waals surface area (Å²) in [6.07, 6.45) is 4.91. The molecule has 0 aromatic heterocycles. The Labute approximate surface area is 112 Å². The number of aliphatic hydroxyl groups is 1. The first-order valence-electron chi connectivity index (χ1n) is 7.58. The Kier molecular flexibility index (Phi) is 4.35. The van der Waals surface area contributed by atoms with Crippen LogP contribution in [0.5, 0.6) is 0 Å². The predicted octanol–water partition coefficient (Wildman–Crippen LogP) is 2.00. The van der Waals surface area contributed by atoms with E-state index in [1.54, 1.807) is 0 Å². The van der Waals surface area contributed by atoms with E-state index in [0.717, 1.165) is 12.3 Å².